The van der Waals surface area contributed by atoms with Gasteiger partial charge in [0.1, 0.15) is 5.82 Å². The van der Waals surface area contributed by atoms with Crippen molar-refractivity contribution in [1.82, 2.24) is 21.3 Å². The zero-order chi connectivity index (χ0) is 21.1. The van der Waals surface area contributed by atoms with Crippen molar-refractivity contribution < 1.29 is 18.8 Å². The van der Waals surface area contributed by atoms with Gasteiger partial charge in [-0.25, -0.2) is 9.18 Å². The first-order chi connectivity index (χ1) is 14.0. The van der Waals surface area contributed by atoms with Crippen LogP contribution in [0.2, 0.25) is 0 Å². The lowest BCUT2D eigenvalue weighted by atomic mass is 10.1. The highest BCUT2D eigenvalue weighted by molar-refractivity contribution is 5.84. The first kappa shape index (κ1) is 21.9. The number of urea groups is 1. The van der Waals surface area contributed by atoms with Crippen LogP contribution in [0.4, 0.5) is 9.18 Å². The Morgan fingerprint density at radius 1 is 0.931 bits per heavy atom. The van der Waals surface area contributed by atoms with Gasteiger partial charge >= 0.3 is 6.03 Å². The number of hydrogen-bond acceptors (Lipinski definition) is 3. The Bertz CT molecular complexity index is 812. The number of nitrogens with one attached hydrogen (secondary N) is 4. The summed E-state index contributed by atoms with van der Waals surface area (Å²) in [5.41, 5.74) is 1.70. The van der Waals surface area contributed by atoms with Gasteiger partial charge in [0.05, 0.1) is 12.6 Å². The minimum atomic E-state index is -0.453. The van der Waals surface area contributed by atoms with Gasteiger partial charge < -0.3 is 21.3 Å². The fourth-order valence-electron chi connectivity index (χ4n) is 2.65. The molecule has 0 spiro atoms. The van der Waals surface area contributed by atoms with E-state index in [1.54, 1.807) is 12.1 Å². The molecule has 154 valence electrons. The maximum absolute atomic E-state index is 12.9. The zero-order valence-corrected chi connectivity index (χ0v) is 16.2. The molecule has 0 heterocycles. The highest BCUT2D eigenvalue weighted by atomic mass is 19.1. The Hall–Kier alpha value is -3.42. The van der Waals surface area contributed by atoms with Crippen molar-refractivity contribution in [3.8, 4) is 0 Å². The molecule has 2 aromatic rings. The molecule has 7 nitrogen and oxygen atoms in total. The van der Waals surface area contributed by atoms with Crippen LogP contribution in [0.1, 0.15) is 23.6 Å². The van der Waals surface area contributed by atoms with Crippen molar-refractivity contribution in [2.45, 2.75) is 18.9 Å². The molecule has 4 amide bonds. The van der Waals surface area contributed by atoms with Gasteiger partial charge in [-0.2, -0.15) is 0 Å². The van der Waals surface area contributed by atoms with E-state index in [0.29, 0.717) is 6.42 Å². The van der Waals surface area contributed by atoms with E-state index in [-0.39, 0.29) is 37.1 Å². The van der Waals surface area contributed by atoms with Crippen molar-refractivity contribution >= 4 is 17.8 Å². The second-order valence-corrected chi connectivity index (χ2v) is 6.39. The summed E-state index contributed by atoms with van der Waals surface area (Å²) < 4.78 is 12.9. The lowest BCUT2D eigenvalue weighted by molar-refractivity contribution is -0.123. The van der Waals surface area contributed by atoms with Crippen LogP contribution in [-0.4, -0.2) is 38.0 Å². The number of carbonyl (C=O) groups is 3. The zero-order valence-electron chi connectivity index (χ0n) is 16.2. The minimum Gasteiger partial charge on any atom is -0.354 e. The van der Waals surface area contributed by atoms with Gasteiger partial charge in [0, 0.05) is 20.0 Å². The minimum absolute atomic E-state index is 0.173. The van der Waals surface area contributed by atoms with Crippen LogP contribution < -0.4 is 21.3 Å². The number of hydrogen-bond donors (Lipinski definition) is 4. The number of rotatable bonds is 9. The van der Waals surface area contributed by atoms with Gasteiger partial charge in [0.15, 0.2) is 0 Å². The number of aryl methyl sites for hydroxylation is 1. The molecule has 0 aliphatic carbocycles. The van der Waals surface area contributed by atoms with Gasteiger partial charge in [-0.1, -0.05) is 42.5 Å². The molecule has 0 saturated heterocycles. The summed E-state index contributed by atoms with van der Waals surface area (Å²) in [6.07, 6.45) is 0.740. The Morgan fingerprint density at radius 3 is 2.28 bits per heavy atom. The summed E-state index contributed by atoms with van der Waals surface area (Å²) in [4.78, 5) is 35.5. The number of benzene rings is 2. The lowest BCUT2D eigenvalue weighted by Gasteiger charge is -2.20. The van der Waals surface area contributed by atoms with Crippen molar-refractivity contribution in [1.29, 1.82) is 0 Å². The topological polar surface area (TPSA) is 99.3 Å². The molecule has 29 heavy (non-hydrogen) atoms. The summed E-state index contributed by atoms with van der Waals surface area (Å²) in [7, 11) is 1.46. The standard InChI is InChI=1S/C21H25FN4O3/c1-23-21(29)25-14-20(28)26-18(16-5-3-2-4-6-16)13-24-19(27)12-9-15-7-10-17(22)11-8-15/h2-8,10-11,18H,9,12-14H2,1H3,(H,24,27)(H,26,28)(H2,23,25,29). The Kier molecular flexibility index (Phi) is 8.62. The van der Waals surface area contributed by atoms with E-state index in [4.69, 9.17) is 0 Å². The summed E-state index contributed by atoms with van der Waals surface area (Å²) in [6, 6.07) is 14.4. The maximum atomic E-state index is 12.9. The van der Waals surface area contributed by atoms with Gasteiger partial charge in [-0.3, -0.25) is 9.59 Å². The van der Waals surface area contributed by atoms with Crippen molar-refractivity contribution in [3.63, 3.8) is 0 Å². The van der Waals surface area contributed by atoms with Crippen LogP contribution in [0.15, 0.2) is 54.6 Å². The molecule has 1 unspecified atom stereocenters. The highest BCUT2D eigenvalue weighted by Crippen LogP contribution is 2.12. The molecule has 2 aromatic carbocycles. The van der Waals surface area contributed by atoms with E-state index in [1.807, 2.05) is 30.3 Å². The molecular formula is C21H25FN4O3. The Labute approximate surface area is 169 Å². The van der Waals surface area contributed by atoms with Crippen LogP contribution >= 0.6 is 0 Å². The molecule has 0 radical (unpaired) electrons. The van der Waals surface area contributed by atoms with E-state index in [0.717, 1.165) is 11.1 Å². The SMILES string of the molecule is CNC(=O)NCC(=O)NC(CNC(=O)CCc1ccc(F)cc1)c1ccccc1. The van der Waals surface area contributed by atoms with E-state index in [1.165, 1.54) is 19.2 Å². The molecule has 0 fully saturated rings. The summed E-state index contributed by atoms with van der Waals surface area (Å²) in [6.45, 7) is 0.0273. The first-order valence-corrected chi connectivity index (χ1v) is 9.29. The Morgan fingerprint density at radius 2 is 1.62 bits per heavy atom. The monoisotopic (exact) mass is 400 g/mol. The molecule has 0 aromatic heterocycles. The van der Waals surface area contributed by atoms with Crippen molar-refractivity contribution in [3.05, 3.63) is 71.5 Å². The van der Waals surface area contributed by atoms with E-state index in [9.17, 15) is 18.8 Å². The number of carbonyl (C=O) groups excluding carboxylic acids is 3. The van der Waals surface area contributed by atoms with Crippen LogP contribution in [-0.2, 0) is 16.0 Å². The molecule has 2 rings (SSSR count). The molecular weight excluding hydrogens is 375 g/mol. The predicted molar refractivity (Wildman–Crippen MR) is 108 cm³/mol. The molecule has 1 atom stereocenters. The average Bonchev–Trinajstić information content (AvgIpc) is 2.75. The molecule has 0 saturated carbocycles. The smallest absolute Gasteiger partial charge is 0.314 e. The number of halogens is 1. The summed E-state index contributed by atoms with van der Waals surface area (Å²) >= 11 is 0. The second kappa shape index (κ2) is 11.4. The normalized spacial score (nSPS) is 11.2. The van der Waals surface area contributed by atoms with Gasteiger partial charge in [0.2, 0.25) is 11.8 Å². The highest BCUT2D eigenvalue weighted by Gasteiger charge is 2.16. The van der Waals surface area contributed by atoms with Gasteiger partial charge in [0.25, 0.3) is 0 Å². The first-order valence-electron chi connectivity index (χ1n) is 9.29. The molecule has 0 aliphatic rings. The van der Waals surface area contributed by atoms with E-state index < -0.39 is 12.1 Å². The molecule has 0 aliphatic heterocycles. The van der Waals surface area contributed by atoms with Gasteiger partial charge in [-0.05, 0) is 29.7 Å². The van der Waals surface area contributed by atoms with Crippen LogP contribution in [0, 0.1) is 5.82 Å². The molecule has 0 bridgehead atoms. The van der Waals surface area contributed by atoms with Gasteiger partial charge in [-0.15, -0.1) is 0 Å². The van der Waals surface area contributed by atoms with Crippen LogP contribution in [0.25, 0.3) is 0 Å². The number of amides is 4. The second-order valence-electron chi connectivity index (χ2n) is 6.39. The largest absolute Gasteiger partial charge is 0.354 e. The van der Waals surface area contributed by atoms with Crippen molar-refractivity contribution in [2.75, 3.05) is 20.1 Å². The van der Waals surface area contributed by atoms with E-state index in [2.05, 4.69) is 21.3 Å². The van der Waals surface area contributed by atoms with Crippen LogP contribution in [0.3, 0.4) is 0 Å². The van der Waals surface area contributed by atoms with E-state index >= 15 is 0 Å². The Balaban J connectivity index is 1.88. The predicted octanol–water partition coefficient (Wildman–Crippen LogP) is 1.66. The average molecular weight is 400 g/mol. The summed E-state index contributed by atoms with van der Waals surface area (Å²) in [5, 5.41) is 10.4. The molecule has 4 N–H and O–H groups in total. The third-order valence-corrected chi connectivity index (χ3v) is 4.23. The third-order valence-electron chi connectivity index (χ3n) is 4.23. The van der Waals surface area contributed by atoms with Crippen molar-refractivity contribution in [2.24, 2.45) is 0 Å². The molecule has 8 heteroatoms. The lowest BCUT2D eigenvalue weighted by Crippen LogP contribution is -2.44. The summed E-state index contributed by atoms with van der Waals surface area (Å²) in [5.74, 6) is -0.860. The fraction of sp³-hybridized carbons (Fsp3) is 0.286. The van der Waals surface area contributed by atoms with Crippen LogP contribution in [0.5, 0.6) is 0 Å². The fourth-order valence-corrected chi connectivity index (χ4v) is 2.65. The quantitative estimate of drug-likeness (QED) is 0.515. The maximum Gasteiger partial charge on any atom is 0.314 e. The third kappa shape index (κ3) is 8.00.